The summed E-state index contributed by atoms with van der Waals surface area (Å²) in [4.78, 5) is 13.8. The van der Waals surface area contributed by atoms with Gasteiger partial charge in [-0.1, -0.05) is 47.9 Å². The van der Waals surface area contributed by atoms with E-state index in [-0.39, 0.29) is 0 Å². The van der Waals surface area contributed by atoms with Crippen molar-refractivity contribution >= 4 is 34.1 Å². The van der Waals surface area contributed by atoms with Gasteiger partial charge in [0.15, 0.2) is 0 Å². The molecule has 6 heteroatoms. The van der Waals surface area contributed by atoms with E-state index in [1.165, 1.54) is 42.7 Å². The Hall–Kier alpha value is -6.34. The fourth-order valence-corrected chi connectivity index (χ4v) is 6.25. The molecule has 0 fully saturated rings. The van der Waals surface area contributed by atoms with Crippen molar-refractivity contribution in [2.75, 3.05) is 60.7 Å². The molecule has 0 amide bonds. The van der Waals surface area contributed by atoms with Gasteiger partial charge in [-0.2, -0.15) is 0 Å². The summed E-state index contributed by atoms with van der Waals surface area (Å²) < 4.78 is 0. The highest BCUT2D eigenvalue weighted by Crippen LogP contribution is 2.23. The van der Waals surface area contributed by atoms with Gasteiger partial charge < -0.3 is 20.4 Å². The summed E-state index contributed by atoms with van der Waals surface area (Å²) in [6.07, 6.45) is 0. The van der Waals surface area contributed by atoms with E-state index in [9.17, 15) is 0 Å². The summed E-state index contributed by atoms with van der Waals surface area (Å²) in [5.74, 6) is 24.2. The van der Waals surface area contributed by atoms with Crippen molar-refractivity contribution in [3.05, 3.63) is 115 Å². The van der Waals surface area contributed by atoms with E-state index >= 15 is 0 Å². The van der Waals surface area contributed by atoms with Gasteiger partial charge >= 0.3 is 0 Å². The Morgan fingerprint density at radius 2 is 0.917 bits per heavy atom. The molecule has 0 aliphatic carbocycles. The molecule has 232 valence electrons. The second-order valence-electron chi connectivity index (χ2n) is 11.8. The van der Waals surface area contributed by atoms with Crippen LogP contribution in [0.25, 0.3) is 11.4 Å². The van der Waals surface area contributed by atoms with Gasteiger partial charge in [0.05, 0.1) is 35.2 Å². The minimum absolute atomic E-state index is 0.378. The number of anilines is 4. The fraction of sp³-hybridized carbons (Fsp3) is 0.190. The topological polar surface area (TPSA) is 55.3 Å². The van der Waals surface area contributed by atoms with Crippen molar-refractivity contribution in [2.45, 2.75) is 13.8 Å². The predicted octanol–water partition coefficient (Wildman–Crippen LogP) is 3.21. The van der Waals surface area contributed by atoms with E-state index in [0.29, 0.717) is 26.2 Å². The zero-order chi connectivity index (χ0) is 33.0. The highest BCUT2D eigenvalue weighted by Gasteiger charge is 2.14. The Morgan fingerprint density at radius 1 is 0.500 bits per heavy atom. The van der Waals surface area contributed by atoms with Crippen LogP contribution in [0.1, 0.15) is 13.8 Å². The van der Waals surface area contributed by atoms with Crippen LogP contribution in [0.15, 0.2) is 82.8 Å². The molecule has 0 saturated carbocycles. The third-order valence-corrected chi connectivity index (χ3v) is 9.01. The SMILES string of the molecule is CC1=c2cc3ccc2=c2ccc(cc2N1C)=NCC#CC#CCN=c1ccc2c(c1)N(C)C(C)=c1cc(ccc1=2)NCC#CC#CCN3. The lowest BCUT2D eigenvalue weighted by atomic mass is 10.0. The molecule has 4 aromatic carbocycles. The molecule has 0 aromatic heterocycles. The van der Waals surface area contributed by atoms with Gasteiger partial charge in [0, 0.05) is 57.7 Å². The normalized spacial score (nSPS) is 14.4. The van der Waals surface area contributed by atoms with Crippen molar-refractivity contribution in [3.8, 4) is 47.4 Å². The zero-order valence-corrected chi connectivity index (χ0v) is 27.5. The second kappa shape index (κ2) is 13.2. The standard InChI is InChI=1S/C42H34N6/c1-29-39-25-31-13-17-35(39)37-19-15-33(27-41(37)47(29)3)45-23-11-7-8-12-24-46-34-16-20-38-36-18-14-32(44-22-10-6-5-9-21-43-31)26-40(36)30(2)48(4)42(38)28-34/h13-20,25-28,43-44H,21-24H2,1-4H3. The molecule has 48 heavy (non-hydrogen) atoms. The molecule has 12 heterocycles. The van der Waals surface area contributed by atoms with Gasteiger partial charge in [0.25, 0.3) is 0 Å². The number of nitrogens with zero attached hydrogens (tertiary/aromatic N) is 4. The van der Waals surface area contributed by atoms with Crippen LogP contribution in [0, 0.1) is 68.2 Å². The summed E-state index contributed by atoms with van der Waals surface area (Å²) in [7, 11) is 4.19. The monoisotopic (exact) mass is 622 g/mol. The fourth-order valence-electron chi connectivity index (χ4n) is 6.25. The molecule has 12 aliphatic heterocycles. The molecule has 0 unspecified atom stereocenters. The van der Waals surface area contributed by atoms with E-state index in [2.05, 4.69) is 169 Å². The number of hydrogen-bond acceptors (Lipinski definition) is 6. The highest BCUT2D eigenvalue weighted by atomic mass is 15.1. The Kier molecular flexibility index (Phi) is 8.33. The largest absolute Gasteiger partial charge is 0.374 e. The molecule has 12 bridgehead atoms. The third-order valence-electron chi connectivity index (χ3n) is 9.01. The summed E-state index contributed by atoms with van der Waals surface area (Å²) >= 11 is 0. The molecule has 0 atom stereocenters. The van der Waals surface area contributed by atoms with Crippen LogP contribution in [-0.4, -0.2) is 40.3 Å². The lowest BCUT2D eigenvalue weighted by Gasteiger charge is -2.24. The lowest BCUT2D eigenvalue weighted by Crippen LogP contribution is -2.27. The molecule has 0 radical (unpaired) electrons. The second-order valence-corrected chi connectivity index (χ2v) is 11.8. The van der Waals surface area contributed by atoms with Crippen LogP contribution >= 0.6 is 0 Å². The van der Waals surface area contributed by atoms with E-state index < -0.39 is 0 Å². The minimum atomic E-state index is 0.378. The molecule has 4 aromatic rings. The van der Waals surface area contributed by atoms with Crippen LogP contribution in [-0.2, 0) is 0 Å². The van der Waals surface area contributed by atoms with Gasteiger partial charge in [-0.05, 0) is 96.5 Å². The Bertz CT molecular complexity index is 2530. The molecular formula is C42H34N6. The first-order valence-corrected chi connectivity index (χ1v) is 15.9. The maximum absolute atomic E-state index is 4.70. The summed E-state index contributed by atoms with van der Waals surface area (Å²) in [5, 5.41) is 15.8. The minimum Gasteiger partial charge on any atom is -0.374 e. The van der Waals surface area contributed by atoms with Gasteiger partial charge in [0.2, 0.25) is 0 Å². The number of rotatable bonds is 0. The maximum Gasteiger partial charge on any atom is 0.101 e. The number of hydrogen-bond donors (Lipinski definition) is 2. The van der Waals surface area contributed by atoms with E-state index in [1.54, 1.807) is 0 Å². The van der Waals surface area contributed by atoms with Gasteiger partial charge in [-0.25, -0.2) is 0 Å². The molecule has 12 aliphatic rings. The predicted molar refractivity (Wildman–Crippen MR) is 195 cm³/mol. The quantitative estimate of drug-likeness (QED) is 0.296. The number of nitrogens with one attached hydrogen (secondary N) is 2. The van der Waals surface area contributed by atoms with E-state index in [4.69, 9.17) is 9.98 Å². The lowest BCUT2D eigenvalue weighted by molar-refractivity contribution is 1.11. The first-order chi connectivity index (χ1) is 23.5. The average molecular weight is 623 g/mol. The molecule has 6 nitrogen and oxygen atoms in total. The van der Waals surface area contributed by atoms with E-state index in [1.807, 2.05) is 0 Å². The van der Waals surface area contributed by atoms with Gasteiger partial charge in [-0.3, -0.25) is 9.98 Å². The summed E-state index contributed by atoms with van der Waals surface area (Å²) in [6.45, 7) is 6.07. The molecular weight excluding hydrogens is 589 g/mol. The van der Waals surface area contributed by atoms with Crippen LogP contribution in [0.4, 0.5) is 22.7 Å². The zero-order valence-electron chi connectivity index (χ0n) is 27.5. The molecule has 0 spiro atoms. The third kappa shape index (κ3) is 5.97. The van der Waals surface area contributed by atoms with E-state index in [0.717, 1.165) is 33.5 Å². The van der Waals surface area contributed by atoms with Crippen molar-refractivity contribution in [3.63, 3.8) is 0 Å². The first-order valence-electron chi connectivity index (χ1n) is 15.9. The van der Waals surface area contributed by atoms with Crippen LogP contribution in [0.5, 0.6) is 0 Å². The number of benzene rings is 4. The van der Waals surface area contributed by atoms with Crippen LogP contribution in [0.2, 0.25) is 0 Å². The van der Waals surface area contributed by atoms with Gasteiger partial charge in [-0.15, -0.1) is 0 Å². The summed E-state index contributed by atoms with van der Waals surface area (Å²) in [6, 6.07) is 25.6. The first kappa shape index (κ1) is 30.3. The Morgan fingerprint density at radius 3 is 1.38 bits per heavy atom. The maximum atomic E-state index is 4.70. The van der Waals surface area contributed by atoms with Crippen LogP contribution < -0.4 is 41.6 Å². The van der Waals surface area contributed by atoms with Crippen LogP contribution in [0.3, 0.4) is 0 Å². The van der Waals surface area contributed by atoms with Crippen molar-refractivity contribution in [1.82, 2.24) is 0 Å². The smallest absolute Gasteiger partial charge is 0.101 e. The van der Waals surface area contributed by atoms with Gasteiger partial charge in [0.1, 0.15) is 13.1 Å². The molecule has 0 saturated heterocycles. The van der Waals surface area contributed by atoms with Crippen molar-refractivity contribution < 1.29 is 0 Å². The van der Waals surface area contributed by atoms with Crippen molar-refractivity contribution in [2.24, 2.45) is 9.98 Å². The highest BCUT2D eigenvalue weighted by molar-refractivity contribution is 5.71. The average Bonchev–Trinajstić information content (AvgIpc) is 3.11. The summed E-state index contributed by atoms with van der Waals surface area (Å²) in [5.41, 5.74) is 6.65. The Labute approximate surface area is 280 Å². The molecule has 2 N–H and O–H groups in total. The Balaban J connectivity index is 1.25. The molecule has 16 rings (SSSR count). The van der Waals surface area contributed by atoms with Crippen molar-refractivity contribution in [1.29, 1.82) is 0 Å².